The molecule has 2 heterocycles. The third kappa shape index (κ3) is 2.63. The van der Waals surface area contributed by atoms with E-state index >= 15 is 0 Å². The van der Waals surface area contributed by atoms with Crippen LogP contribution in [0.3, 0.4) is 0 Å². The normalized spacial score (nSPS) is 24.8. The SMILES string of the molecule is C[C@@H]1CCCN([C@@H](CN)c2ccc3c(c2)CCO3)C1. The van der Waals surface area contributed by atoms with Crippen molar-refractivity contribution >= 4 is 0 Å². The summed E-state index contributed by atoms with van der Waals surface area (Å²) in [4.78, 5) is 2.56. The van der Waals surface area contributed by atoms with Gasteiger partial charge in [-0.1, -0.05) is 19.1 Å². The van der Waals surface area contributed by atoms with Crippen LogP contribution in [0.25, 0.3) is 0 Å². The van der Waals surface area contributed by atoms with Crippen molar-refractivity contribution in [2.45, 2.75) is 32.2 Å². The second-order valence-electron chi connectivity index (χ2n) is 5.96. The predicted octanol–water partition coefficient (Wildman–Crippen LogP) is 2.35. The van der Waals surface area contributed by atoms with Gasteiger partial charge in [-0.25, -0.2) is 0 Å². The lowest BCUT2D eigenvalue weighted by atomic mass is 9.95. The van der Waals surface area contributed by atoms with Crippen LogP contribution >= 0.6 is 0 Å². The number of benzene rings is 1. The Kier molecular flexibility index (Phi) is 3.76. The zero-order chi connectivity index (χ0) is 13.2. The summed E-state index contributed by atoms with van der Waals surface area (Å²) in [6.07, 6.45) is 3.69. The largest absolute Gasteiger partial charge is 0.493 e. The smallest absolute Gasteiger partial charge is 0.122 e. The molecule has 2 aliphatic heterocycles. The molecule has 0 spiro atoms. The highest BCUT2D eigenvalue weighted by Gasteiger charge is 2.25. The molecule has 1 saturated heterocycles. The fourth-order valence-electron chi connectivity index (χ4n) is 3.42. The number of nitrogens with zero attached hydrogens (tertiary/aromatic N) is 1. The number of hydrogen-bond donors (Lipinski definition) is 1. The molecule has 0 radical (unpaired) electrons. The first kappa shape index (κ1) is 12.9. The van der Waals surface area contributed by atoms with Gasteiger partial charge >= 0.3 is 0 Å². The summed E-state index contributed by atoms with van der Waals surface area (Å²) in [6.45, 7) is 6.23. The minimum absolute atomic E-state index is 0.369. The van der Waals surface area contributed by atoms with Crippen LogP contribution in [-0.2, 0) is 6.42 Å². The molecule has 0 bridgehead atoms. The average molecular weight is 260 g/mol. The first-order valence-electron chi connectivity index (χ1n) is 7.47. The number of likely N-dealkylation sites (tertiary alicyclic amines) is 1. The van der Waals surface area contributed by atoms with Crippen LogP contribution < -0.4 is 10.5 Å². The van der Waals surface area contributed by atoms with Gasteiger partial charge in [0.1, 0.15) is 5.75 Å². The van der Waals surface area contributed by atoms with E-state index in [0.29, 0.717) is 12.6 Å². The summed E-state index contributed by atoms with van der Waals surface area (Å²) < 4.78 is 5.58. The van der Waals surface area contributed by atoms with Crippen molar-refractivity contribution in [2.75, 3.05) is 26.2 Å². The molecule has 0 aromatic heterocycles. The highest BCUT2D eigenvalue weighted by atomic mass is 16.5. The summed E-state index contributed by atoms with van der Waals surface area (Å²) in [5, 5.41) is 0. The maximum absolute atomic E-state index is 6.05. The first-order chi connectivity index (χ1) is 9.28. The molecule has 0 aliphatic carbocycles. The van der Waals surface area contributed by atoms with Crippen LogP contribution in [0, 0.1) is 5.92 Å². The molecule has 1 aromatic rings. The van der Waals surface area contributed by atoms with Crippen molar-refractivity contribution in [3.8, 4) is 5.75 Å². The van der Waals surface area contributed by atoms with Crippen molar-refractivity contribution in [2.24, 2.45) is 11.7 Å². The second-order valence-corrected chi connectivity index (χ2v) is 5.96. The van der Waals surface area contributed by atoms with Gasteiger partial charge in [-0.3, -0.25) is 4.90 Å². The molecule has 3 rings (SSSR count). The quantitative estimate of drug-likeness (QED) is 0.906. The molecule has 0 saturated carbocycles. The molecule has 1 aromatic carbocycles. The monoisotopic (exact) mass is 260 g/mol. The van der Waals surface area contributed by atoms with Crippen LogP contribution in [0.15, 0.2) is 18.2 Å². The molecule has 2 atom stereocenters. The summed E-state index contributed by atoms with van der Waals surface area (Å²) in [5.41, 5.74) is 8.76. The lowest BCUT2D eigenvalue weighted by Gasteiger charge is -2.37. The molecule has 0 unspecified atom stereocenters. The fraction of sp³-hybridized carbons (Fsp3) is 0.625. The van der Waals surface area contributed by atoms with E-state index in [1.54, 1.807) is 0 Å². The number of hydrogen-bond acceptors (Lipinski definition) is 3. The van der Waals surface area contributed by atoms with Crippen molar-refractivity contribution in [1.82, 2.24) is 4.90 Å². The average Bonchev–Trinajstić information content (AvgIpc) is 2.87. The lowest BCUT2D eigenvalue weighted by Crippen LogP contribution is -2.40. The van der Waals surface area contributed by atoms with Crippen molar-refractivity contribution in [3.63, 3.8) is 0 Å². The van der Waals surface area contributed by atoms with E-state index in [-0.39, 0.29) is 0 Å². The van der Waals surface area contributed by atoms with Crippen LogP contribution in [0.5, 0.6) is 5.75 Å². The number of rotatable bonds is 3. The zero-order valence-electron chi connectivity index (χ0n) is 11.8. The maximum atomic E-state index is 6.05. The van der Waals surface area contributed by atoms with Crippen molar-refractivity contribution in [1.29, 1.82) is 0 Å². The highest BCUT2D eigenvalue weighted by molar-refractivity contribution is 5.41. The van der Waals surface area contributed by atoms with Crippen LogP contribution in [0.2, 0.25) is 0 Å². The number of ether oxygens (including phenoxy) is 1. The topological polar surface area (TPSA) is 38.5 Å². The van der Waals surface area contributed by atoms with E-state index in [9.17, 15) is 0 Å². The minimum Gasteiger partial charge on any atom is -0.493 e. The molecule has 3 heteroatoms. The Morgan fingerprint density at radius 3 is 3.16 bits per heavy atom. The zero-order valence-corrected chi connectivity index (χ0v) is 11.8. The van der Waals surface area contributed by atoms with Gasteiger partial charge in [0, 0.05) is 25.6 Å². The molecule has 1 fully saturated rings. The Hall–Kier alpha value is -1.06. The maximum Gasteiger partial charge on any atom is 0.122 e. The third-order valence-corrected chi connectivity index (χ3v) is 4.45. The summed E-state index contributed by atoms with van der Waals surface area (Å²) in [7, 11) is 0. The molecule has 0 amide bonds. The molecule has 2 N–H and O–H groups in total. The van der Waals surface area contributed by atoms with Crippen molar-refractivity contribution < 1.29 is 4.74 Å². The van der Waals surface area contributed by atoms with Gasteiger partial charge in [-0.2, -0.15) is 0 Å². The van der Waals surface area contributed by atoms with Gasteiger partial charge < -0.3 is 10.5 Å². The Balaban J connectivity index is 1.81. The molecule has 2 aliphatic rings. The number of nitrogens with two attached hydrogens (primary N) is 1. The van der Waals surface area contributed by atoms with Gasteiger partial charge in [0.05, 0.1) is 6.61 Å². The van der Waals surface area contributed by atoms with E-state index in [1.165, 1.54) is 37.1 Å². The van der Waals surface area contributed by atoms with E-state index in [1.807, 2.05) is 0 Å². The predicted molar refractivity (Wildman–Crippen MR) is 77.4 cm³/mol. The van der Waals surface area contributed by atoms with Gasteiger partial charge in [-0.05, 0) is 42.5 Å². The van der Waals surface area contributed by atoms with Gasteiger partial charge in [0.2, 0.25) is 0 Å². The second kappa shape index (κ2) is 5.51. The Bertz CT molecular complexity index is 446. The lowest BCUT2D eigenvalue weighted by molar-refractivity contribution is 0.133. The van der Waals surface area contributed by atoms with E-state index in [2.05, 4.69) is 30.0 Å². The summed E-state index contributed by atoms with van der Waals surface area (Å²) in [5.74, 6) is 1.85. The van der Waals surface area contributed by atoms with Gasteiger partial charge in [0.15, 0.2) is 0 Å². The fourth-order valence-corrected chi connectivity index (χ4v) is 3.42. The van der Waals surface area contributed by atoms with E-state index in [0.717, 1.165) is 24.7 Å². The molecule has 19 heavy (non-hydrogen) atoms. The Labute approximate surface area is 115 Å². The number of fused-ring (bicyclic) bond motifs is 1. The first-order valence-corrected chi connectivity index (χ1v) is 7.47. The van der Waals surface area contributed by atoms with E-state index in [4.69, 9.17) is 10.5 Å². The molecule has 3 nitrogen and oxygen atoms in total. The highest BCUT2D eigenvalue weighted by Crippen LogP contribution is 2.31. The molecular formula is C16H24N2O. The van der Waals surface area contributed by atoms with Gasteiger partial charge in [0.25, 0.3) is 0 Å². The van der Waals surface area contributed by atoms with Crippen LogP contribution in [0.1, 0.15) is 36.9 Å². The summed E-state index contributed by atoms with van der Waals surface area (Å²) >= 11 is 0. The summed E-state index contributed by atoms with van der Waals surface area (Å²) in [6, 6.07) is 6.99. The van der Waals surface area contributed by atoms with E-state index < -0.39 is 0 Å². The molecular weight excluding hydrogens is 236 g/mol. The van der Waals surface area contributed by atoms with Crippen LogP contribution in [-0.4, -0.2) is 31.1 Å². The molecule has 104 valence electrons. The Morgan fingerprint density at radius 2 is 2.37 bits per heavy atom. The minimum atomic E-state index is 0.369. The third-order valence-electron chi connectivity index (χ3n) is 4.45. The Morgan fingerprint density at radius 1 is 1.47 bits per heavy atom. The van der Waals surface area contributed by atoms with Crippen molar-refractivity contribution in [3.05, 3.63) is 29.3 Å². The van der Waals surface area contributed by atoms with Crippen LogP contribution in [0.4, 0.5) is 0 Å². The standard InChI is InChI=1S/C16H24N2O/c1-12-3-2-7-18(11-12)15(10-17)13-4-5-16-14(9-13)6-8-19-16/h4-5,9,12,15H,2-3,6-8,10-11,17H2,1H3/t12-,15+/m1/s1. The number of piperidine rings is 1. The van der Waals surface area contributed by atoms with Gasteiger partial charge in [-0.15, -0.1) is 0 Å².